The minimum absolute atomic E-state index is 0.0393. The Morgan fingerprint density at radius 3 is 2.82 bits per heavy atom. The van der Waals surface area contributed by atoms with E-state index in [2.05, 4.69) is 0 Å². The first-order chi connectivity index (χ1) is 8.16. The van der Waals surface area contributed by atoms with Crippen molar-refractivity contribution in [1.82, 2.24) is 0 Å². The van der Waals surface area contributed by atoms with Gasteiger partial charge in [0.1, 0.15) is 11.6 Å². The van der Waals surface area contributed by atoms with Crippen LogP contribution in [0.5, 0.6) is 0 Å². The van der Waals surface area contributed by atoms with Crippen LogP contribution in [0.4, 0.5) is 4.39 Å². The number of carbonyl (C=O) groups is 1. The molecule has 0 unspecified atom stereocenters. The topological polar surface area (TPSA) is 30.2 Å². The molecule has 0 N–H and O–H groups in total. The van der Waals surface area contributed by atoms with Gasteiger partial charge in [-0.3, -0.25) is 4.79 Å². The third kappa shape index (κ3) is 2.94. The second-order valence-electron chi connectivity index (χ2n) is 3.74. The zero-order valence-electron chi connectivity index (χ0n) is 8.95. The normalized spacial score (nSPS) is 10.5. The maximum absolute atomic E-state index is 13.5. The van der Waals surface area contributed by atoms with Crippen LogP contribution < -0.4 is 0 Å². The van der Waals surface area contributed by atoms with Crippen molar-refractivity contribution in [3.63, 3.8) is 0 Å². The molecule has 4 heteroatoms. The van der Waals surface area contributed by atoms with Gasteiger partial charge in [-0.15, -0.1) is 0 Å². The zero-order chi connectivity index (χ0) is 12.3. The number of furan rings is 1. The summed E-state index contributed by atoms with van der Waals surface area (Å²) in [7, 11) is 0. The Bertz CT molecular complexity index is 520. The standard InChI is InChI=1S/C13H10ClFO2/c14-12-3-1-2-10(13(12)15)7-11(16)6-9-4-5-17-8-9/h1-5,8H,6-7H2. The molecule has 1 aromatic heterocycles. The molecule has 1 heterocycles. The predicted molar refractivity (Wildman–Crippen MR) is 62.5 cm³/mol. The Balaban J connectivity index is 2.06. The van der Waals surface area contributed by atoms with E-state index in [-0.39, 0.29) is 23.6 Å². The number of hydrogen-bond acceptors (Lipinski definition) is 2. The van der Waals surface area contributed by atoms with Crippen LogP contribution in [-0.2, 0) is 17.6 Å². The summed E-state index contributed by atoms with van der Waals surface area (Å²) in [5.41, 5.74) is 1.11. The van der Waals surface area contributed by atoms with Crippen LogP contribution >= 0.6 is 11.6 Å². The molecule has 1 aromatic carbocycles. The molecule has 2 nitrogen and oxygen atoms in total. The summed E-state index contributed by atoms with van der Waals surface area (Å²) in [6.45, 7) is 0. The quantitative estimate of drug-likeness (QED) is 0.835. The predicted octanol–water partition coefficient (Wildman–Crippen LogP) is 3.43. The second kappa shape index (κ2) is 5.15. The zero-order valence-corrected chi connectivity index (χ0v) is 9.71. The summed E-state index contributed by atoms with van der Waals surface area (Å²) in [5, 5.41) is 0.0404. The smallest absolute Gasteiger partial charge is 0.145 e. The largest absolute Gasteiger partial charge is 0.472 e. The molecule has 0 aliphatic heterocycles. The van der Waals surface area contributed by atoms with Crippen LogP contribution in [0.25, 0.3) is 0 Å². The van der Waals surface area contributed by atoms with Crippen LogP contribution in [0.15, 0.2) is 41.2 Å². The number of hydrogen-bond donors (Lipinski definition) is 0. The second-order valence-corrected chi connectivity index (χ2v) is 4.14. The highest BCUT2D eigenvalue weighted by Gasteiger charge is 2.11. The van der Waals surface area contributed by atoms with Crippen molar-refractivity contribution >= 4 is 17.4 Å². The Morgan fingerprint density at radius 2 is 2.12 bits per heavy atom. The highest BCUT2D eigenvalue weighted by atomic mass is 35.5. The SMILES string of the molecule is O=C(Cc1ccoc1)Cc1cccc(Cl)c1F. The number of Topliss-reactive ketones (excluding diaryl/α,β-unsaturated/α-hetero) is 1. The van der Waals surface area contributed by atoms with Crippen LogP contribution in [-0.4, -0.2) is 5.78 Å². The number of halogens is 2. The van der Waals surface area contributed by atoms with E-state index in [1.54, 1.807) is 18.2 Å². The average molecular weight is 253 g/mol. The molecule has 88 valence electrons. The molecule has 0 bridgehead atoms. The molecule has 0 spiro atoms. The molecule has 0 atom stereocenters. The van der Waals surface area contributed by atoms with Crippen molar-refractivity contribution in [1.29, 1.82) is 0 Å². The van der Waals surface area contributed by atoms with Crippen molar-refractivity contribution in [3.8, 4) is 0 Å². The van der Waals surface area contributed by atoms with Crippen LogP contribution in [0.2, 0.25) is 5.02 Å². The molecule has 17 heavy (non-hydrogen) atoms. The minimum atomic E-state index is -0.519. The first-order valence-electron chi connectivity index (χ1n) is 5.12. The van der Waals surface area contributed by atoms with E-state index in [1.807, 2.05) is 0 Å². The van der Waals surface area contributed by atoms with Gasteiger partial charge in [0.25, 0.3) is 0 Å². The molecule has 0 fully saturated rings. The lowest BCUT2D eigenvalue weighted by Gasteiger charge is -2.03. The Morgan fingerprint density at radius 1 is 1.29 bits per heavy atom. The summed E-state index contributed by atoms with van der Waals surface area (Å²) in [4.78, 5) is 11.7. The molecule has 0 aliphatic rings. The van der Waals surface area contributed by atoms with Gasteiger partial charge in [-0.1, -0.05) is 23.7 Å². The van der Waals surface area contributed by atoms with Gasteiger partial charge >= 0.3 is 0 Å². The number of ketones is 1. The molecule has 0 aliphatic carbocycles. The summed E-state index contributed by atoms with van der Waals surface area (Å²) >= 11 is 5.64. The van der Waals surface area contributed by atoms with Gasteiger partial charge in [0.05, 0.1) is 17.5 Å². The molecule has 0 radical (unpaired) electrons. The Hall–Kier alpha value is -1.61. The first-order valence-corrected chi connectivity index (χ1v) is 5.50. The van der Waals surface area contributed by atoms with Gasteiger partial charge in [-0.05, 0) is 23.3 Å². The third-order valence-electron chi connectivity index (χ3n) is 2.40. The van der Waals surface area contributed by atoms with Crippen LogP contribution in [0.1, 0.15) is 11.1 Å². The van der Waals surface area contributed by atoms with Crippen molar-refractivity contribution in [2.45, 2.75) is 12.8 Å². The number of rotatable bonds is 4. The Labute approximate surface area is 103 Å². The van der Waals surface area contributed by atoms with Crippen molar-refractivity contribution in [2.24, 2.45) is 0 Å². The van der Waals surface area contributed by atoms with Crippen LogP contribution in [0.3, 0.4) is 0 Å². The molecule has 2 rings (SSSR count). The lowest BCUT2D eigenvalue weighted by atomic mass is 10.0. The minimum Gasteiger partial charge on any atom is -0.472 e. The molecular weight excluding hydrogens is 243 g/mol. The van der Waals surface area contributed by atoms with Gasteiger partial charge in [0, 0.05) is 12.8 Å². The first kappa shape index (κ1) is 11.9. The fraction of sp³-hybridized carbons (Fsp3) is 0.154. The van der Waals surface area contributed by atoms with Gasteiger partial charge in [-0.25, -0.2) is 4.39 Å². The Kier molecular flexibility index (Phi) is 3.59. The van der Waals surface area contributed by atoms with Gasteiger partial charge in [0.15, 0.2) is 0 Å². The summed E-state index contributed by atoms with van der Waals surface area (Å²) < 4.78 is 18.4. The lowest BCUT2D eigenvalue weighted by molar-refractivity contribution is -0.117. The van der Waals surface area contributed by atoms with Crippen LogP contribution in [0, 0.1) is 5.82 Å². The summed E-state index contributed by atoms with van der Waals surface area (Å²) in [6, 6.07) is 6.37. The van der Waals surface area contributed by atoms with E-state index in [1.165, 1.54) is 18.6 Å². The van der Waals surface area contributed by atoms with E-state index >= 15 is 0 Å². The molecule has 2 aromatic rings. The molecule has 0 saturated heterocycles. The maximum atomic E-state index is 13.5. The van der Waals surface area contributed by atoms with Crippen molar-refractivity contribution in [2.75, 3.05) is 0 Å². The van der Waals surface area contributed by atoms with E-state index < -0.39 is 5.82 Å². The monoisotopic (exact) mass is 252 g/mol. The highest BCUT2D eigenvalue weighted by Crippen LogP contribution is 2.18. The number of benzene rings is 1. The van der Waals surface area contributed by atoms with Gasteiger partial charge in [0.2, 0.25) is 0 Å². The van der Waals surface area contributed by atoms with E-state index in [0.29, 0.717) is 5.56 Å². The van der Waals surface area contributed by atoms with E-state index in [9.17, 15) is 9.18 Å². The van der Waals surface area contributed by atoms with Gasteiger partial charge < -0.3 is 4.42 Å². The molecular formula is C13H10ClFO2. The fourth-order valence-corrected chi connectivity index (χ4v) is 1.77. The number of carbonyl (C=O) groups excluding carboxylic acids is 1. The average Bonchev–Trinajstić information content (AvgIpc) is 2.77. The van der Waals surface area contributed by atoms with E-state index in [4.69, 9.17) is 16.0 Å². The highest BCUT2D eigenvalue weighted by molar-refractivity contribution is 6.30. The molecule has 0 amide bonds. The maximum Gasteiger partial charge on any atom is 0.145 e. The summed E-state index contributed by atoms with van der Waals surface area (Å²) in [5.74, 6) is -0.595. The third-order valence-corrected chi connectivity index (χ3v) is 2.69. The van der Waals surface area contributed by atoms with Crippen molar-refractivity contribution < 1.29 is 13.6 Å². The molecule has 0 saturated carbocycles. The fourth-order valence-electron chi connectivity index (χ4n) is 1.58. The van der Waals surface area contributed by atoms with E-state index in [0.717, 1.165) is 5.56 Å². The lowest BCUT2D eigenvalue weighted by Crippen LogP contribution is -2.07. The van der Waals surface area contributed by atoms with Gasteiger partial charge in [-0.2, -0.15) is 0 Å². The summed E-state index contributed by atoms with van der Waals surface area (Å²) in [6.07, 6.45) is 3.29. The van der Waals surface area contributed by atoms with Crippen molar-refractivity contribution in [3.05, 3.63) is 58.8 Å².